The van der Waals surface area contributed by atoms with Gasteiger partial charge in [-0.3, -0.25) is 4.84 Å². The molecular formula is C14H17ClF3N3O. The second kappa shape index (κ2) is 6.22. The van der Waals surface area contributed by atoms with Crippen molar-refractivity contribution in [2.45, 2.75) is 44.0 Å². The van der Waals surface area contributed by atoms with Crippen molar-refractivity contribution in [1.29, 1.82) is 0 Å². The SMILES string of the molecule is FC(F)(F)c1cnc(NC[C@H]2C[C@H]3CCCCN3O2)c(Cl)c1. The molecule has 0 aromatic carbocycles. The number of alkyl halides is 3. The maximum absolute atomic E-state index is 12.6. The highest BCUT2D eigenvalue weighted by atomic mass is 35.5. The summed E-state index contributed by atoms with van der Waals surface area (Å²) in [5.41, 5.74) is -0.850. The Bertz CT molecular complexity index is 527. The molecule has 2 aliphatic rings. The molecule has 122 valence electrons. The third-order valence-electron chi connectivity index (χ3n) is 4.06. The van der Waals surface area contributed by atoms with Crippen molar-refractivity contribution in [2.75, 3.05) is 18.4 Å². The Morgan fingerprint density at radius 2 is 2.23 bits per heavy atom. The zero-order valence-corrected chi connectivity index (χ0v) is 12.6. The molecule has 8 heteroatoms. The summed E-state index contributed by atoms with van der Waals surface area (Å²) in [4.78, 5) is 9.59. The number of hydroxylamine groups is 2. The number of anilines is 1. The van der Waals surface area contributed by atoms with E-state index in [1.165, 1.54) is 6.42 Å². The Morgan fingerprint density at radius 1 is 1.41 bits per heavy atom. The van der Waals surface area contributed by atoms with Crippen molar-refractivity contribution < 1.29 is 18.0 Å². The van der Waals surface area contributed by atoms with Gasteiger partial charge in [0.1, 0.15) is 5.82 Å². The van der Waals surface area contributed by atoms with Gasteiger partial charge in [-0.15, -0.1) is 0 Å². The average molecular weight is 336 g/mol. The molecule has 1 aromatic rings. The number of aromatic nitrogens is 1. The summed E-state index contributed by atoms with van der Waals surface area (Å²) in [7, 11) is 0. The van der Waals surface area contributed by atoms with E-state index in [0.29, 0.717) is 12.6 Å². The number of hydrogen-bond acceptors (Lipinski definition) is 4. The topological polar surface area (TPSA) is 37.4 Å². The maximum atomic E-state index is 12.6. The molecule has 0 amide bonds. The predicted molar refractivity (Wildman–Crippen MR) is 76.6 cm³/mol. The predicted octanol–water partition coefficient (Wildman–Crippen LogP) is 3.72. The number of fused-ring (bicyclic) bond motifs is 1. The van der Waals surface area contributed by atoms with E-state index < -0.39 is 11.7 Å². The van der Waals surface area contributed by atoms with E-state index in [4.69, 9.17) is 16.4 Å². The summed E-state index contributed by atoms with van der Waals surface area (Å²) in [6.45, 7) is 1.42. The minimum atomic E-state index is -4.44. The summed E-state index contributed by atoms with van der Waals surface area (Å²) < 4.78 is 37.7. The first-order valence-electron chi connectivity index (χ1n) is 7.33. The summed E-state index contributed by atoms with van der Waals surface area (Å²) in [6, 6.07) is 1.34. The summed E-state index contributed by atoms with van der Waals surface area (Å²) in [5.74, 6) is 0.253. The lowest BCUT2D eigenvalue weighted by molar-refractivity contribution is -0.167. The molecule has 2 fully saturated rings. The van der Waals surface area contributed by atoms with Crippen LogP contribution in [0.3, 0.4) is 0 Å². The van der Waals surface area contributed by atoms with Gasteiger partial charge in [0.15, 0.2) is 0 Å². The van der Waals surface area contributed by atoms with Gasteiger partial charge in [-0.25, -0.2) is 4.98 Å². The highest BCUT2D eigenvalue weighted by molar-refractivity contribution is 6.32. The van der Waals surface area contributed by atoms with E-state index in [1.807, 2.05) is 5.06 Å². The quantitative estimate of drug-likeness (QED) is 0.913. The minimum Gasteiger partial charge on any atom is -0.366 e. The van der Waals surface area contributed by atoms with Crippen LogP contribution in [0.2, 0.25) is 5.02 Å². The largest absolute Gasteiger partial charge is 0.417 e. The highest BCUT2D eigenvalue weighted by Gasteiger charge is 2.35. The third-order valence-corrected chi connectivity index (χ3v) is 4.35. The van der Waals surface area contributed by atoms with Crippen LogP contribution in [0.5, 0.6) is 0 Å². The van der Waals surface area contributed by atoms with Crippen LogP contribution in [0.4, 0.5) is 19.0 Å². The highest BCUT2D eigenvalue weighted by Crippen LogP contribution is 2.33. The van der Waals surface area contributed by atoms with Gasteiger partial charge in [-0.2, -0.15) is 18.2 Å². The van der Waals surface area contributed by atoms with Crippen LogP contribution in [0.1, 0.15) is 31.2 Å². The molecule has 1 aromatic heterocycles. The number of pyridine rings is 1. The fourth-order valence-electron chi connectivity index (χ4n) is 2.94. The molecule has 0 aliphatic carbocycles. The maximum Gasteiger partial charge on any atom is 0.417 e. The van der Waals surface area contributed by atoms with E-state index >= 15 is 0 Å². The Labute approximate surface area is 131 Å². The standard InChI is InChI=1S/C14H17ClF3N3O/c15-12-5-9(14(16,17)18)7-19-13(12)20-8-11-6-10-3-1-2-4-21(10)22-11/h5,7,10-11H,1-4,6,8H2,(H,19,20)/t10-,11-/m1/s1. The van der Waals surface area contributed by atoms with Crippen molar-refractivity contribution in [3.63, 3.8) is 0 Å². The van der Waals surface area contributed by atoms with Crippen LogP contribution in [0.15, 0.2) is 12.3 Å². The lowest BCUT2D eigenvalue weighted by Crippen LogP contribution is -2.33. The molecule has 2 atom stereocenters. The molecule has 3 rings (SSSR count). The zero-order chi connectivity index (χ0) is 15.7. The number of nitrogens with one attached hydrogen (secondary N) is 1. The molecule has 22 heavy (non-hydrogen) atoms. The first kappa shape index (κ1) is 15.8. The first-order chi connectivity index (χ1) is 10.4. The number of halogens is 4. The Hall–Kier alpha value is -1.05. The van der Waals surface area contributed by atoms with Crippen molar-refractivity contribution in [2.24, 2.45) is 0 Å². The number of nitrogens with zero attached hydrogens (tertiary/aromatic N) is 2. The van der Waals surface area contributed by atoms with E-state index in [1.54, 1.807) is 0 Å². The van der Waals surface area contributed by atoms with Crippen LogP contribution in [0, 0.1) is 0 Å². The van der Waals surface area contributed by atoms with Crippen molar-refractivity contribution in [1.82, 2.24) is 10.0 Å². The van der Waals surface area contributed by atoms with Crippen molar-refractivity contribution in [3.05, 3.63) is 22.8 Å². The second-order valence-corrected chi connectivity index (χ2v) is 6.09. The summed E-state index contributed by atoms with van der Waals surface area (Å²) >= 11 is 5.87. The van der Waals surface area contributed by atoms with E-state index in [9.17, 15) is 13.2 Å². The number of hydrogen-bond donors (Lipinski definition) is 1. The van der Waals surface area contributed by atoms with Gasteiger partial charge >= 0.3 is 6.18 Å². The molecule has 0 spiro atoms. The minimum absolute atomic E-state index is 0.00302. The lowest BCUT2D eigenvalue weighted by Gasteiger charge is -2.26. The molecule has 1 N–H and O–H groups in total. The number of rotatable bonds is 3. The molecular weight excluding hydrogens is 319 g/mol. The van der Waals surface area contributed by atoms with Crippen molar-refractivity contribution >= 4 is 17.4 Å². The average Bonchev–Trinajstić information content (AvgIpc) is 2.87. The smallest absolute Gasteiger partial charge is 0.366 e. The molecule has 0 radical (unpaired) electrons. The van der Waals surface area contributed by atoms with Gasteiger partial charge in [-0.1, -0.05) is 18.0 Å². The van der Waals surface area contributed by atoms with Crippen LogP contribution in [0.25, 0.3) is 0 Å². The van der Waals surface area contributed by atoms with Gasteiger partial charge in [0, 0.05) is 25.3 Å². The Kier molecular flexibility index (Phi) is 4.47. The molecule has 2 aliphatic heterocycles. The van der Waals surface area contributed by atoms with Crippen molar-refractivity contribution in [3.8, 4) is 0 Å². The van der Waals surface area contributed by atoms with Crippen LogP contribution >= 0.6 is 11.6 Å². The Balaban J connectivity index is 1.58. The zero-order valence-electron chi connectivity index (χ0n) is 11.9. The van der Waals surface area contributed by atoms with Gasteiger partial charge in [0.05, 0.1) is 16.7 Å². The lowest BCUT2D eigenvalue weighted by atomic mass is 10.0. The molecule has 0 unspecified atom stereocenters. The van der Waals surface area contributed by atoms with Gasteiger partial charge in [0.25, 0.3) is 0 Å². The molecule has 0 bridgehead atoms. The summed E-state index contributed by atoms with van der Waals surface area (Å²) in [5, 5.41) is 4.97. The fraction of sp³-hybridized carbons (Fsp3) is 0.643. The second-order valence-electron chi connectivity index (χ2n) is 5.69. The first-order valence-corrected chi connectivity index (χ1v) is 7.71. The van der Waals surface area contributed by atoms with E-state index in [0.717, 1.165) is 38.1 Å². The van der Waals surface area contributed by atoms with Crippen LogP contribution in [-0.2, 0) is 11.0 Å². The molecule has 2 saturated heterocycles. The fourth-order valence-corrected chi connectivity index (χ4v) is 3.17. The van der Waals surface area contributed by atoms with Gasteiger partial charge in [-0.05, 0) is 25.3 Å². The van der Waals surface area contributed by atoms with E-state index in [-0.39, 0.29) is 16.9 Å². The molecule has 4 nitrogen and oxygen atoms in total. The normalized spacial score (nSPS) is 26.0. The van der Waals surface area contributed by atoms with Crippen LogP contribution in [-0.4, -0.2) is 35.3 Å². The summed E-state index contributed by atoms with van der Waals surface area (Å²) in [6.07, 6.45) is 0.768. The van der Waals surface area contributed by atoms with Gasteiger partial charge < -0.3 is 5.32 Å². The number of piperidine rings is 1. The molecule has 3 heterocycles. The van der Waals surface area contributed by atoms with Crippen LogP contribution < -0.4 is 5.32 Å². The third kappa shape index (κ3) is 3.47. The Morgan fingerprint density at radius 3 is 2.91 bits per heavy atom. The van der Waals surface area contributed by atoms with Gasteiger partial charge in [0.2, 0.25) is 0 Å². The van der Waals surface area contributed by atoms with E-state index in [2.05, 4.69) is 10.3 Å². The monoisotopic (exact) mass is 335 g/mol. The molecule has 0 saturated carbocycles.